The molecule has 0 atom stereocenters. The van der Waals surface area contributed by atoms with E-state index in [4.69, 9.17) is 19.3 Å². The summed E-state index contributed by atoms with van der Waals surface area (Å²) in [7, 11) is 3.30. The van der Waals surface area contributed by atoms with Crippen molar-refractivity contribution in [1.82, 2.24) is 0 Å². The summed E-state index contributed by atoms with van der Waals surface area (Å²) in [4.78, 5) is 0. The Bertz CT molecular complexity index is 325. The van der Waals surface area contributed by atoms with E-state index in [0.29, 0.717) is 19.8 Å². The highest BCUT2D eigenvalue weighted by Gasteiger charge is 2.04. The van der Waals surface area contributed by atoms with Crippen LogP contribution >= 0.6 is 0 Å². The second-order valence-electron chi connectivity index (χ2n) is 3.70. The maximum absolute atomic E-state index is 9.07. The summed E-state index contributed by atoms with van der Waals surface area (Å²) < 4.78 is 15.7. The first-order valence-electron chi connectivity index (χ1n) is 5.65. The molecule has 0 radical (unpaired) electrons. The molecule has 4 nitrogen and oxygen atoms in total. The van der Waals surface area contributed by atoms with Gasteiger partial charge < -0.3 is 19.3 Å². The van der Waals surface area contributed by atoms with Gasteiger partial charge in [-0.15, -0.1) is 0 Å². The van der Waals surface area contributed by atoms with Crippen LogP contribution in [-0.2, 0) is 22.7 Å². The maximum atomic E-state index is 9.07. The lowest BCUT2D eigenvalue weighted by Gasteiger charge is -2.10. The number of hydrogen-bond acceptors (Lipinski definition) is 4. The quantitative estimate of drug-likeness (QED) is 0.703. The Morgan fingerprint density at radius 3 is 2.65 bits per heavy atom. The number of aliphatic hydroxyl groups excluding tert-OH is 1. The number of methoxy groups -OCH3 is 2. The highest BCUT2D eigenvalue weighted by atomic mass is 16.5. The first kappa shape index (κ1) is 14.0. The fourth-order valence-electron chi connectivity index (χ4n) is 1.53. The third-order valence-corrected chi connectivity index (χ3v) is 2.42. The first-order valence-corrected chi connectivity index (χ1v) is 5.65. The fourth-order valence-corrected chi connectivity index (χ4v) is 1.53. The molecular formula is C13H20O4. The van der Waals surface area contributed by atoms with Crippen molar-refractivity contribution in [1.29, 1.82) is 0 Å². The minimum Gasteiger partial charge on any atom is -0.496 e. The maximum Gasteiger partial charge on any atom is 0.124 e. The number of hydrogen-bond donors (Lipinski definition) is 1. The van der Waals surface area contributed by atoms with E-state index in [1.54, 1.807) is 14.2 Å². The van der Waals surface area contributed by atoms with Crippen LogP contribution in [0.15, 0.2) is 18.2 Å². The fraction of sp³-hybridized carbons (Fsp3) is 0.538. The van der Waals surface area contributed by atoms with E-state index < -0.39 is 0 Å². The van der Waals surface area contributed by atoms with Gasteiger partial charge in [-0.3, -0.25) is 0 Å². The number of rotatable bonds is 8. The van der Waals surface area contributed by atoms with Gasteiger partial charge in [0.25, 0.3) is 0 Å². The lowest BCUT2D eigenvalue weighted by atomic mass is 10.1. The van der Waals surface area contributed by atoms with E-state index >= 15 is 0 Å². The van der Waals surface area contributed by atoms with Crippen LogP contribution in [0.2, 0.25) is 0 Å². The molecule has 0 aliphatic rings. The van der Waals surface area contributed by atoms with E-state index in [2.05, 4.69) is 0 Å². The SMILES string of the molecule is COCCCOCc1cc(CO)ccc1OC. The van der Waals surface area contributed by atoms with E-state index in [0.717, 1.165) is 23.3 Å². The van der Waals surface area contributed by atoms with Gasteiger partial charge in [-0.05, 0) is 24.1 Å². The molecule has 0 aliphatic carbocycles. The zero-order valence-corrected chi connectivity index (χ0v) is 10.4. The molecule has 0 saturated carbocycles. The van der Waals surface area contributed by atoms with Crippen LogP contribution < -0.4 is 4.74 Å². The Labute approximate surface area is 102 Å². The molecule has 96 valence electrons. The summed E-state index contributed by atoms with van der Waals surface area (Å²) in [6.45, 7) is 1.87. The van der Waals surface area contributed by atoms with Crippen LogP contribution in [-0.4, -0.2) is 32.5 Å². The predicted octanol–water partition coefficient (Wildman–Crippen LogP) is 1.74. The van der Waals surface area contributed by atoms with Crippen molar-refractivity contribution in [2.75, 3.05) is 27.4 Å². The monoisotopic (exact) mass is 240 g/mol. The van der Waals surface area contributed by atoms with Gasteiger partial charge in [0.15, 0.2) is 0 Å². The number of aliphatic hydroxyl groups is 1. The molecular weight excluding hydrogens is 220 g/mol. The summed E-state index contributed by atoms with van der Waals surface area (Å²) >= 11 is 0. The second-order valence-corrected chi connectivity index (χ2v) is 3.70. The predicted molar refractivity (Wildman–Crippen MR) is 65.1 cm³/mol. The van der Waals surface area contributed by atoms with Crippen molar-refractivity contribution in [3.63, 3.8) is 0 Å². The topological polar surface area (TPSA) is 47.9 Å². The average Bonchev–Trinajstić information content (AvgIpc) is 2.38. The van der Waals surface area contributed by atoms with Gasteiger partial charge in [-0.25, -0.2) is 0 Å². The molecule has 1 aromatic rings. The molecule has 0 bridgehead atoms. The van der Waals surface area contributed by atoms with Crippen molar-refractivity contribution in [2.45, 2.75) is 19.6 Å². The van der Waals surface area contributed by atoms with Gasteiger partial charge in [0.05, 0.1) is 20.3 Å². The summed E-state index contributed by atoms with van der Waals surface area (Å²) in [5, 5.41) is 9.07. The first-order chi connectivity index (χ1) is 8.31. The molecule has 1 aromatic carbocycles. The third-order valence-electron chi connectivity index (χ3n) is 2.42. The second kappa shape index (κ2) is 8.06. The van der Waals surface area contributed by atoms with Gasteiger partial charge in [0, 0.05) is 25.9 Å². The van der Waals surface area contributed by atoms with Gasteiger partial charge >= 0.3 is 0 Å². The molecule has 0 aliphatic heterocycles. The highest BCUT2D eigenvalue weighted by molar-refractivity contribution is 5.36. The zero-order valence-electron chi connectivity index (χ0n) is 10.4. The van der Waals surface area contributed by atoms with Crippen LogP contribution in [0.1, 0.15) is 17.5 Å². The molecule has 0 saturated heterocycles. The minimum atomic E-state index is 0.0284. The van der Waals surface area contributed by atoms with E-state index in [9.17, 15) is 0 Å². The van der Waals surface area contributed by atoms with Crippen molar-refractivity contribution in [3.8, 4) is 5.75 Å². The Morgan fingerprint density at radius 2 is 2.00 bits per heavy atom. The number of ether oxygens (including phenoxy) is 3. The summed E-state index contributed by atoms with van der Waals surface area (Å²) in [6.07, 6.45) is 0.874. The van der Waals surface area contributed by atoms with Crippen molar-refractivity contribution in [2.24, 2.45) is 0 Å². The lowest BCUT2D eigenvalue weighted by Crippen LogP contribution is -2.01. The van der Waals surface area contributed by atoms with E-state index in [1.165, 1.54) is 0 Å². The van der Waals surface area contributed by atoms with Crippen LogP contribution in [0.4, 0.5) is 0 Å². The minimum absolute atomic E-state index is 0.0284. The molecule has 0 heterocycles. The Kier molecular flexibility index (Phi) is 6.62. The molecule has 4 heteroatoms. The molecule has 1 N–H and O–H groups in total. The van der Waals surface area contributed by atoms with Gasteiger partial charge in [-0.1, -0.05) is 6.07 Å². The molecule has 0 aromatic heterocycles. The standard InChI is InChI=1S/C13H20O4/c1-15-6-3-7-17-10-12-8-11(9-14)4-5-13(12)16-2/h4-5,8,14H,3,6-7,9-10H2,1-2H3. The van der Waals surface area contributed by atoms with Crippen LogP contribution in [0.5, 0.6) is 5.75 Å². The molecule has 0 fully saturated rings. The van der Waals surface area contributed by atoms with Crippen molar-refractivity contribution in [3.05, 3.63) is 29.3 Å². The lowest BCUT2D eigenvalue weighted by molar-refractivity contribution is 0.0916. The normalized spacial score (nSPS) is 10.5. The molecule has 0 unspecified atom stereocenters. The average molecular weight is 240 g/mol. The van der Waals surface area contributed by atoms with Gasteiger partial charge in [0.1, 0.15) is 5.75 Å². The van der Waals surface area contributed by atoms with Crippen LogP contribution in [0.25, 0.3) is 0 Å². The number of benzene rings is 1. The summed E-state index contributed by atoms with van der Waals surface area (Å²) in [5.74, 6) is 0.786. The van der Waals surface area contributed by atoms with E-state index in [-0.39, 0.29) is 6.61 Å². The largest absolute Gasteiger partial charge is 0.496 e. The molecule has 0 amide bonds. The smallest absolute Gasteiger partial charge is 0.124 e. The van der Waals surface area contributed by atoms with Crippen molar-refractivity contribution < 1.29 is 19.3 Å². The van der Waals surface area contributed by atoms with Crippen LogP contribution in [0, 0.1) is 0 Å². The highest BCUT2D eigenvalue weighted by Crippen LogP contribution is 2.20. The Hall–Kier alpha value is -1.10. The Balaban J connectivity index is 2.49. The van der Waals surface area contributed by atoms with Gasteiger partial charge in [0.2, 0.25) is 0 Å². The molecule has 1 rings (SSSR count). The molecule has 0 spiro atoms. The summed E-state index contributed by atoms with van der Waals surface area (Å²) in [6, 6.07) is 5.59. The third kappa shape index (κ3) is 4.73. The van der Waals surface area contributed by atoms with Gasteiger partial charge in [-0.2, -0.15) is 0 Å². The molecule has 17 heavy (non-hydrogen) atoms. The zero-order chi connectivity index (χ0) is 12.5. The summed E-state index contributed by atoms with van der Waals surface area (Å²) in [5.41, 5.74) is 1.82. The van der Waals surface area contributed by atoms with Crippen molar-refractivity contribution >= 4 is 0 Å². The van der Waals surface area contributed by atoms with Crippen LogP contribution in [0.3, 0.4) is 0 Å². The Morgan fingerprint density at radius 1 is 1.18 bits per heavy atom. The van der Waals surface area contributed by atoms with E-state index in [1.807, 2.05) is 18.2 Å².